The largest absolute Gasteiger partial charge is 0.378 e. The Morgan fingerprint density at radius 3 is 2.68 bits per heavy atom. The van der Waals surface area contributed by atoms with E-state index in [0.29, 0.717) is 66.3 Å². The predicted octanol–water partition coefficient (Wildman–Crippen LogP) is 3.42. The maximum absolute atomic E-state index is 14.0. The van der Waals surface area contributed by atoms with E-state index in [4.69, 9.17) is 14.7 Å². The number of anilines is 2. The van der Waals surface area contributed by atoms with Crippen LogP contribution in [0.4, 0.5) is 20.5 Å². The van der Waals surface area contributed by atoms with Crippen LogP contribution in [0.3, 0.4) is 0 Å². The van der Waals surface area contributed by atoms with Gasteiger partial charge in [-0.2, -0.15) is 9.97 Å². The van der Waals surface area contributed by atoms with Crippen molar-refractivity contribution in [3.8, 4) is 5.69 Å². The number of fused-ring (bicyclic) bond motifs is 2. The molecule has 0 spiro atoms. The van der Waals surface area contributed by atoms with Crippen molar-refractivity contribution in [2.75, 3.05) is 36.5 Å². The lowest BCUT2D eigenvalue weighted by Crippen LogP contribution is -2.37. The second-order valence-corrected chi connectivity index (χ2v) is 7.91. The lowest BCUT2D eigenvalue weighted by atomic mass is 10.3. The van der Waals surface area contributed by atoms with Gasteiger partial charge in [0.2, 0.25) is 5.95 Å². The molecule has 11 heteroatoms. The van der Waals surface area contributed by atoms with E-state index in [1.54, 1.807) is 35.2 Å². The summed E-state index contributed by atoms with van der Waals surface area (Å²) in [6, 6.07) is 11.0. The molecule has 1 fully saturated rings. The normalized spacial score (nSPS) is 14.2. The standard InChI is InChI=1S/C23H20F2N8O/c24-14-3-1-4-15(11-14)33-13-27-20-21(30-23(31-22(20)33)32-7-9-34-10-8-32)26-12-18-28-17-6-2-5-16(25)19(17)29-18/h1-6,11,13H,7-10,12H2,(H,28,29)(H,26,30,31). The number of nitrogens with one attached hydrogen (secondary N) is 2. The number of ether oxygens (including phenoxy) is 1. The van der Waals surface area contributed by atoms with Crippen molar-refractivity contribution in [2.24, 2.45) is 0 Å². The van der Waals surface area contributed by atoms with Crippen molar-refractivity contribution >= 4 is 34.0 Å². The van der Waals surface area contributed by atoms with Crippen molar-refractivity contribution < 1.29 is 13.5 Å². The molecule has 0 saturated carbocycles. The van der Waals surface area contributed by atoms with Crippen LogP contribution < -0.4 is 10.2 Å². The molecule has 0 unspecified atom stereocenters. The quantitative estimate of drug-likeness (QED) is 0.413. The minimum absolute atomic E-state index is 0.273. The zero-order valence-electron chi connectivity index (χ0n) is 18.0. The monoisotopic (exact) mass is 462 g/mol. The summed E-state index contributed by atoms with van der Waals surface area (Å²) >= 11 is 0. The first-order valence-corrected chi connectivity index (χ1v) is 10.9. The number of rotatable bonds is 5. The minimum atomic E-state index is -0.382. The van der Waals surface area contributed by atoms with Gasteiger partial charge in [-0.3, -0.25) is 4.57 Å². The molecule has 2 N–H and O–H groups in total. The Labute approximate surface area is 192 Å². The predicted molar refractivity (Wildman–Crippen MR) is 123 cm³/mol. The number of H-pyrrole nitrogens is 1. The number of aromatic nitrogens is 6. The molecule has 34 heavy (non-hydrogen) atoms. The summed E-state index contributed by atoms with van der Waals surface area (Å²) in [5, 5.41) is 3.26. The van der Waals surface area contributed by atoms with Gasteiger partial charge in [0.25, 0.3) is 0 Å². The number of halogens is 2. The number of imidazole rings is 2. The van der Waals surface area contributed by atoms with Crippen LogP contribution in [-0.2, 0) is 11.3 Å². The Morgan fingerprint density at radius 2 is 1.85 bits per heavy atom. The second-order valence-electron chi connectivity index (χ2n) is 7.91. The highest BCUT2D eigenvalue weighted by atomic mass is 19.1. The molecular weight excluding hydrogens is 442 g/mol. The average molecular weight is 462 g/mol. The van der Waals surface area contributed by atoms with Crippen LogP contribution in [0.25, 0.3) is 27.9 Å². The molecule has 9 nitrogen and oxygen atoms in total. The number of aromatic amines is 1. The number of para-hydroxylation sites is 1. The highest BCUT2D eigenvalue weighted by Gasteiger charge is 2.20. The average Bonchev–Trinajstić information content (AvgIpc) is 3.48. The Hall–Kier alpha value is -4.12. The van der Waals surface area contributed by atoms with E-state index in [2.05, 4.69) is 20.3 Å². The summed E-state index contributed by atoms with van der Waals surface area (Å²) < 4.78 is 35.1. The highest BCUT2D eigenvalue weighted by molar-refractivity contribution is 5.85. The first kappa shape index (κ1) is 20.5. The van der Waals surface area contributed by atoms with Crippen molar-refractivity contribution in [2.45, 2.75) is 6.54 Å². The molecule has 1 aliphatic rings. The summed E-state index contributed by atoms with van der Waals surface area (Å²) in [6.07, 6.45) is 1.60. The van der Waals surface area contributed by atoms with E-state index in [0.717, 1.165) is 0 Å². The van der Waals surface area contributed by atoms with Gasteiger partial charge in [-0.25, -0.2) is 18.7 Å². The maximum Gasteiger partial charge on any atom is 0.229 e. The topological polar surface area (TPSA) is 96.8 Å². The Kier molecular flexibility index (Phi) is 5.02. The molecule has 0 aliphatic carbocycles. The van der Waals surface area contributed by atoms with Crippen LogP contribution in [0.15, 0.2) is 48.8 Å². The summed E-state index contributed by atoms with van der Waals surface area (Å²) in [5.74, 6) is 0.851. The first-order valence-electron chi connectivity index (χ1n) is 10.9. The van der Waals surface area contributed by atoms with Gasteiger partial charge in [-0.05, 0) is 30.3 Å². The van der Waals surface area contributed by atoms with Gasteiger partial charge in [0.05, 0.1) is 31.0 Å². The van der Waals surface area contributed by atoms with Crippen molar-refractivity contribution in [1.82, 2.24) is 29.5 Å². The number of hydrogen-bond donors (Lipinski definition) is 2. The Bertz CT molecular complexity index is 1490. The van der Waals surface area contributed by atoms with Gasteiger partial charge in [-0.1, -0.05) is 12.1 Å². The van der Waals surface area contributed by atoms with Gasteiger partial charge in [0.15, 0.2) is 22.8 Å². The molecule has 1 saturated heterocycles. The third kappa shape index (κ3) is 3.69. The summed E-state index contributed by atoms with van der Waals surface area (Å²) in [7, 11) is 0. The Balaban J connectivity index is 1.40. The highest BCUT2D eigenvalue weighted by Crippen LogP contribution is 2.26. The van der Waals surface area contributed by atoms with E-state index >= 15 is 0 Å². The molecule has 2 aromatic carbocycles. The zero-order chi connectivity index (χ0) is 23.1. The maximum atomic E-state index is 14.0. The van der Waals surface area contributed by atoms with Crippen LogP contribution in [0, 0.1) is 11.6 Å². The number of morpholine rings is 1. The van der Waals surface area contributed by atoms with Crippen LogP contribution in [-0.4, -0.2) is 55.8 Å². The molecular formula is C23H20F2N8O. The molecule has 0 atom stereocenters. The molecule has 0 bridgehead atoms. The van der Waals surface area contributed by atoms with Crippen LogP contribution in [0.1, 0.15) is 5.82 Å². The molecule has 3 aromatic heterocycles. The fraction of sp³-hybridized carbons (Fsp3) is 0.217. The van der Waals surface area contributed by atoms with E-state index in [9.17, 15) is 8.78 Å². The minimum Gasteiger partial charge on any atom is -0.378 e. The molecule has 0 radical (unpaired) electrons. The van der Waals surface area contributed by atoms with Gasteiger partial charge in [0, 0.05) is 13.1 Å². The van der Waals surface area contributed by atoms with E-state index in [1.165, 1.54) is 18.2 Å². The fourth-order valence-corrected chi connectivity index (χ4v) is 4.03. The SMILES string of the molecule is Fc1cccc(-n2cnc3c(NCc4nc5c(F)cccc5[nH]4)nc(N4CCOCC4)nc32)c1. The second kappa shape index (κ2) is 8.34. The van der Waals surface area contributed by atoms with Gasteiger partial charge in [-0.15, -0.1) is 0 Å². The fourth-order valence-electron chi connectivity index (χ4n) is 4.03. The van der Waals surface area contributed by atoms with Gasteiger partial charge < -0.3 is 19.9 Å². The molecule has 172 valence electrons. The zero-order valence-corrected chi connectivity index (χ0v) is 18.0. The lowest BCUT2D eigenvalue weighted by Gasteiger charge is -2.27. The molecule has 1 aliphatic heterocycles. The van der Waals surface area contributed by atoms with Crippen LogP contribution in [0.2, 0.25) is 0 Å². The van der Waals surface area contributed by atoms with Crippen molar-refractivity contribution in [3.63, 3.8) is 0 Å². The molecule has 5 aromatic rings. The molecule has 0 amide bonds. The van der Waals surface area contributed by atoms with Crippen molar-refractivity contribution in [3.05, 3.63) is 66.3 Å². The van der Waals surface area contributed by atoms with Crippen LogP contribution in [0.5, 0.6) is 0 Å². The van der Waals surface area contributed by atoms with E-state index < -0.39 is 0 Å². The third-order valence-electron chi connectivity index (χ3n) is 5.70. The van der Waals surface area contributed by atoms with Gasteiger partial charge >= 0.3 is 0 Å². The smallest absolute Gasteiger partial charge is 0.229 e. The van der Waals surface area contributed by atoms with E-state index in [-0.39, 0.29) is 23.7 Å². The van der Waals surface area contributed by atoms with E-state index in [1.807, 2.05) is 4.90 Å². The summed E-state index contributed by atoms with van der Waals surface area (Å²) in [6.45, 7) is 2.75. The number of benzene rings is 2. The number of nitrogens with zero attached hydrogens (tertiary/aromatic N) is 6. The molecule has 6 rings (SSSR count). The lowest BCUT2D eigenvalue weighted by molar-refractivity contribution is 0.122. The van der Waals surface area contributed by atoms with Crippen molar-refractivity contribution in [1.29, 1.82) is 0 Å². The summed E-state index contributed by atoms with van der Waals surface area (Å²) in [5.41, 5.74) is 2.59. The third-order valence-corrected chi connectivity index (χ3v) is 5.70. The summed E-state index contributed by atoms with van der Waals surface area (Å²) in [4.78, 5) is 23.5. The number of hydrogen-bond acceptors (Lipinski definition) is 7. The van der Waals surface area contributed by atoms with Gasteiger partial charge in [0.1, 0.15) is 23.5 Å². The first-order chi connectivity index (χ1) is 16.7. The molecule has 4 heterocycles. The Morgan fingerprint density at radius 1 is 1.00 bits per heavy atom. The van der Waals surface area contributed by atoms with Crippen LogP contribution >= 0.6 is 0 Å².